The zero-order chi connectivity index (χ0) is 23.7. The Balaban J connectivity index is 1.75. The number of hydrogen-bond donors (Lipinski definition) is 3. The molecule has 0 fully saturated rings. The Morgan fingerprint density at radius 2 is 1.68 bits per heavy atom. The molecule has 3 N–H and O–H groups in total. The molecule has 172 valence electrons. The lowest BCUT2D eigenvalue weighted by molar-refractivity contribution is 0.204. The second-order valence-electron chi connectivity index (χ2n) is 7.72. The lowest BCUT2D eigenvalue weighted by Crippen LogP contribution is -2.27. The molecule has 9 heteroatoms. The van der Waals surface area contributed by atoms with Crippen LogP contribution in [-0.2, 0) is 14.8 Å². The van der Waals surface area contributed by atoms with Crippen molar-refractivity contribution in [1.29, 1.82) is 0 Å². The zero-order valence-electron chi connectivity index (χ0n) is 18.3. The van der Waals surface area contributed by atoms with Gasteiger partial charge in [0.15, 0.2) is 11.7 Å². The van der Waals surface area contributed by atoms with Crippen LogP contribution in [0.25, 0.3) is 16.5 Å². The monoisotopic (exact) mass is 474 g/mol. The van der Waals surface area contributed by atoms with Crippen molar-refractivity contribution in [2.24, 2.45) is 9.98 Å². The number of rotatable bonds is 7. The topological polar surface area (TPSA) is 116 Å². The van der Waals surface area contributed by atoms with E-state index in [1.165, 1.54) is 13.2 Å². The summed E-state index contributed by atoms with van der Waals surface area (Å²) in [5.41, 5.74) is 2.42. The molecule has 0 saturated carbocycles. The Labute approximate surface area is 196 Å². The van der Waals surface area contributed by atoms with Gasteiger partial charge >= 0.3 is 0 Å². The van der Waals surface area contributed by atoms with Crippen molar-refractivity contribution in [1.82, 2.24) is 9.71 Å². The van der Waals surface area contributed by atoms with E-state index < -0.39 is 10.0 Å². The number of nitrogens with one attached hydrogen (secondary N) is 2. The quantitative estimate of drug-likeness (QED) is 0.357. The predicted octanol–water partition coefficient (Wildman–Crippen LogP) is 2.47. The Morgan fingerprint density at radius 3 is 2.35 bits per heavy atom. The summed E-state index contributed by atoms with van der Waals surface area (Å²) in [5.74, 6) is 0.347. The summed E-state index contributed by atoms with van der Waals surface area (Å²) in [7, 11) is -2.27. The van der Waals surface area contributed by atoms with Crippen LogP contribution in [0.2, 0.25) is 0 Å². The number of aromatic nitrogens is 1. The molecule has 4 aromatic rings. The average molecular weight is 475 g/mol. The maximum absolute atomic E-state index is 12.8. The summed E-state index contributed by atoms with van der Waals surface area (Å²) in [6, 6.07) is 21.7. The Morgan fingerprint density at radius 1 is 1.00 bits per heavy atom. The summed E-state index contributed by atoms with van der Waals surface area (Å²) < 4.78 is 33.1. The molecule has 5 rings (SSSR count). The summed E-state index contributed by atoms with van der Waals surface area (Å²) in [6.45, 7) is 0.406. The molecule has 1 aliphatic rings. The Bertz CT molecular complexity index is 1600. The number of methoxy groups -OCH3 is 1. The predicted molar refractivity (Wildman–Crippen MR) is 128 cm³/mol. The lowest BCUT2D eigenvalue weighted by atomic mass is 9.97. The Hall–Kier alpha value is -3.79. The van der Waals surface area contributed by atoms with Crippen molar-refractivity contribution in [2.75, 3.05) is 20.3 Å². The smallest absolute Gasteiger partial charge is 0.240 e. The fourth-order valence-electron chi connectivity index (χ4n) is 3.95. The van der Waals surface area contributed by atoms with Gasteiger partial charge in [0.1, 0.15) is 0 Å². The second-order valence-corrected chi connectivity index (χ2v) is 9.49. The highest BCUT2D eigenvalue weighted by molar-refractivity contribution is 7.89. The minimum absolute atomic E-state index is 0.0809. The maximum atomic E-state index is 12.8. The van der Waals surface area contributed by atoms with Gasteiger partial charge in [-0.3, -0.25) is 0 Å². The molecule has 1 aromatic heterocycles. The van der Waals surface area contributed by atoms with Gasteiger partial charge in [0.05, 0.1) is 27.8 Å². The van der Waals surface area contributed by atoms with E-state index in [0.29, 0.717) is 27.9 Å². The molecule has 34 heavy (non-hydrogen) atoms. The van der Waals surface area contributed by atoms with Gasteiger partial charge in [-0.2, -0.15) is 0 Å². The third-order valence-corrected chi connectivity index (χ3v) is 6.99. The number of aromatic hydroxyl groups is 1. The number of fused-ring (bicyclic) bond motifs is 2. The third kappa shape index (κ3) is 4.01. The van der Waals surface area contributed by atoms with Crippen LogP contribution < -0.4 is 15.4 Å². The second kappa shape index (κ2) is 8.86. The van der Waals surface area contributed by atoms with Crippen LogP contribution >= 0.6 is 0 Å². The van der Waals surface area contributed by atoms with Crippen LogP contribution in [0.1, 0.15) is 11.1 Å². The van der Waals surface area contributed by atoms with E-state index in [1.807, 2.05) is 54.6 Å². The van der Waals surface area contributed by atoms with Crippen LogP contribution in [-0.4, -0.2) is 38.8 Å². The van der Waals surface area contributed by atoms with Gasteiger partial charge in [0, 0.05) is 30.1 Å². The van der Waals surface area contributed by atoms with E-state index in [2.05, 4.69) is 9.71 Å². The molecule has 0 atom stereocenters. The van der Waals surface area contributed by atoms with Crippen molar-refractivity contribution < 1.29 is 18.3 Å². The van der Waals surface area contributed by atoms with Gasteiger partial charge in [-0.05, 0) is 35.9 Å². The van der Waals surface area contributed by atoms with E-state index in [9.17, 15) is 13.5 Å². The Kier molecular flexibility index (Phi) is 5.74. The van der Waals surface area contributed by atoms with Gasteiger partial charge in [-0.25, -0.2) is 23.1 Å². The number of aromatic amines is 1. The molecular weight excluding hydrogens is 452 g/mol. The molecule has 0 radical (unpaired) electrons. The zero-order valence-corrected chi connectivity index (χ0v) is 19.1. The van der Waals surface area contributed by atoms with E-state index in [-0.39, 0.29) is 23.9 Å². The molecule has 0 amide bonds. The van der Waals surface area contributed by atoms with E-state index in [1.54, 1.807) is 12.1 Å². The number of H-pyrrole nitrogens is 1. The van der Waals surface area contributed by atoms with Crippen molar-refractivity contribution in [3.05, 3.63) is 100 Å². The lowest BCUT2D eigenvalue weighted by Gasteiger charge is -2.10. The van der Waals surface area contributed by atoms with Crippen molar-refractivity contribution in [2.45, 2.75) is 4.90 Å². The molecule has 8 nitrogen and oxygen atoms in total. The number of ether oxygens (including phenoxy) is 1. The van der Waals surface area contributed by atoms with Gasteiger partial charge in [0.2, 0.25) is 10.0 Å². The highest BCUT2D eigenvalue weighted by Crippen LogP contribution is 2.40. The highest BCUT2D eigenvalue weighted by Gasteiger charge is 2.24. The fraction of sp³-hybridized carbons (Fsp3) is 0.120. The molecule has 0 spiro atoms. The number of sulfonamides is 1. The minimum Gasteiger partial charge on any atom is -0.494 e. The van der Waals surface area contributed by atoms with Gasteiger partial charge < -0.3 is 14.8 Å². The van der Waals surface area contributed by atoms with Crippen LogP contribution in [0.5, 0.6) is 5.88 Å². The van der Waals surface area contributed by atoms with E-state index in [0.717, 1.165) is 16.3 Å². The first-order valence-corrected chi connectivity index (χ1v) is 12.1. The van der Waals surface area contributed by atoms with Crippen LogP contribution in [0.15, 0.2) is 93.5 Å². The summed E-state index contributed by atoms with van der Waals surface area (Å²) in [5, 5.41) is 13.0. The van der Waals surface area contributed by atoms with Crippen LogP contribution in [0.4, 0.5) is 0 Å². The molecule has 0 aliphatic carbocycles. The first kappa shape index (κ1) is 22.0. The van der Waals surface area contributed by atoms with Gasteiger partial charge in [-0.15, -0.1) is 0 Å². The maximum Gasteiger partial charge on any atom is 0.240 e. The normalized spacial score (nSPS) is 12.9. The first-order valence-electron chi connectivity index (χ1n) is 10.6. The van der Waals surface area contributed by atoms with Gasteiger partial charge in [-0.1, -0.05) is 42.5 Å². The molecule has 0 saturated heterocycles. The SMILES string of the molecule is COCCNS(=O)(=O)c1ccc2[nH]c(O)c(C(=C3N=c4ccccc4=N3)c3ccccc3)c2c1. The van der Waals surface area contributed by atoms with Gasteiger partial charge in [0.25, 0.3) is 0 Å². The number of nitrogens with zero attached hydrogens (tertiary/aromatic N) is 2. The number of benzene rings is 3. The fourth-order valence-corrected chi connectivity index (χ4v) is 4.99. The summed E-state index contributed by atoms with van der Waals surface area (Å²) >= 11 is 0. The largest absolute Gasteiger partial charge is 0.494 e. The van der Waals surface area contributed by atoms with E-state index in [4.69, 9.17) is 14.7 Å². The molecule has 3 aromatic carbocycles. The van der Waals surface area contributed by atoms with E-state index >= 15 is 0 Å². The molecule has 0 bridgehead atoms. The average Bonchev–Trinajstić information content (AvgIpc) is 3.40. The summed E-state index contributed by atoms with van der Waals surface area (Å²) in [6.07, 6.45) is 0. The summed E-state index contributed by atoms with van der Waals surface area (Å²) in [4.78, 5) is 12.4. The molecule has 0 unspecified atom stereocenters. The molecular formula is C25H22N4O4S. The number of hydrogen-bond acceptors (Lipinski definition) is 6. The first-order chi connectivity index (χ1) is 16.5. The van der Waals surface area contributed by atoms with Crippen LogP contribution in [0.3, 0.4) is 0 Å². The third-order valence-electron chi connectivity index (χ3n) is 5.53. The van der Waals surface area contributed by atoms with Crippen LogP contribution in [0, 0.1) is 0 Å². The van der Waals surface area contributed by atoms with Crippen molar-refractivity contribution in [3.8, 4) is 5.88 Å². The standard InChI is InChI=1S/C25H22N4O4S/c1-33-14-13-26-34(31,32)17-11-12-19-18(15-17)23(25(30)29-19)22(16-7-3-2-4-8-16)24-27-20-9-5-6-10-21(20)28-24/h2-12,15,26,29-30H,13-14H2,1H3. The van der Waals surface area contributed by atoms with Crippen molar-refractivity contribution >= 4 is 26.5 Å². The van der Waals surface area contributed by atoms with Crippen molar-refractivity contribution in [3.63, 3.8) is 0 Å². The highest BCUT2D eigenvalue weighted by atomic mass is 32.2. The number of para-hydroxylation sites is 2. The molecule has 2 heterocycles. The molecule has 1 aliphatic heterocycles. The minimum atomic E-state index is -3.77.